The first kappa shape index (κ1) is 62.8. The maximum atomic E-state index is 16.2. The fraction of sp³-hybridized carbons (Fsp3) is 0.509. The number of hydrogen-bond donors (Lipinski definition) is 4. The molecular formula is C53H59F10N11O9. The van der Waals surface area contributed by atoms with Crippen molar-refractivity contribution in [2.75, 3.05) is 52.0 Å². The van der Waals surface area contributed by atoms with E-state index in [0.717, 1.165) is 65.6 Å². The lowest BCUT2D eigenvalue weighted by Crippen LogP contribution is -2.64. The van der Waals surface area contributed by atoms with E-state index in [1.807, 2.05) is 10.7 Å². The molecule has 3 aliphatic rings. The number of piperazine rings is 1. The van der Waals surface area contributed by atoms with Gasteiger partial charge in [-0.05, 0) is 82.9 Å². The number of carbonyl (C=O) groups is 5. The average Bonchev–Trinajstić information content (AvgIpc) is 3.20. The maximum Gasteiger partial charge on any atom is 0.407 e. The molecule has 4 amide bonds. The van der Waals surface area contributed by atoms with Crippen molar-refractivity contribution < 1.29 is 86.8 Å². The molecule has 5 heterocycles. The predicted octanol–water partition coefficient (Wildman–Crippen LogP) is 6.19. The third kappa shape index (κ3) is 14.7. The second-order valence-electron chi connectivity index (χ2n) is 21.0. The van der Waals surface area contributed by atoms with Gasteiger partial charge in [-0.25, -0.2) is 38.0 Å². The Morgan fingerprint density at radius 1 is 0.783 bits per heavy atom. The number of alkyl carbamates (subject to hydrolysis) is 2. The predicted molar refractivity (Wildman–Crippen MR) is 272 cm³/mol. The zero-order valence-corrected chi connectivity index (χ0v) is 45.4. The SMILES string of the molecule is COC(=O)NC(C(=O)NC(Cc1ccc(C#Cc2cnc(N3CC4CCC(C3)N4C3COC3)nc2)cc1)C(CN(Cc1c(F)cc(-c2ccn(C(F)F)n2)cc1F)NC(=O)C(NC(=O)OC)C(C)(C)C(F)(F)F)OC=O)C(C)(C)C(F)(F)F. The first-order chi connectivity index (χ1) is 39.0. The molecule has 450 valence electrons. The Kier molecular flexibility index (Phi) is 19.5. The van der Waals surface area contributed by atoms with E-state index in [4.69, 9.17) is 9.47 Å². The molecule has 6 atom stereocenters. The van der Waals surface area contributed by atoms with Crippen molar-refractivity contribution in [1.82, 2.24) is 51.0 Å². The molecule has 6 unspecified atom stereocenters. The number of alkyl halides is 8. The van der Waals surface area contributed by atoms with E-state index in [0.29, 0.717) is 80.0 Å². The standard InChI is InChI=1S/C53H59F10N11O9/c1-50(2,52(58,59)60)42(67-48(78)80-5)44(76)66-40(17-30-10-7-29(8-11-30)9-12-31-20-64-47(65-21-31)71-22-33-13-14-34(23-71)74(33)35-26-82-27-35)41(83-28-75)25-72(70-45(77)43(68-49(79)81-6)51(3,4)53(61,62)63)24-36-37(54)18-32(19-38(36)55)39-15-16-73(69-39)46(56)57/h7-8,10-11,15-16,18-21,28,33-35,40-43,46H,13-14,17,22-27H2,1-6H3,(H,66,76)(H,67,78)(H,68,79)(H,70,77). The number of hydrazine groups is 1. The summed E-state index contributed by atoms with van der Waals surface area (Å²) < 4.78 is 167. The van der Waals surface area contributed by atoms with Gasteiger partial charge in [0.05, 0.1) is 68.1 Å². The van der Waals surface area contributed by atoms with Crippen LogP contribution in [-0.2, 0) is 46.3 Å². The van der Waals surface area contributed by atoms with E-state index < -0.39 is 115 Å². The fourth-order valence-corrected chi connectivity index (χ4v) is 9.75. The van der Waals surface area contributed by atoms with Gasteiger partial charge < -0.3 is 39.8 Å². The molecule has 4 N–H and O–H groups in total. The normalized spacial score (nSPS) is 18.2. The summed E-state index contributed by atoms with van der Waals surface area (Å²) in [6, 6.07) is 2.55. The van der Waals surface area contributed by atoms with Crippen molar-refractivity contribution in [3.8, 4) is 23.1 Å². The number of aromatic nitrogens is 4. The molecule has 4 aromatic rings. The highest BCUT2D eigenvalue weighted by molar-refractivity contribution is 5.87. The van der Waals surface area contributed by atoms with Crippen molar-refractivity contribution in [1.29, 1.82) is 0 Å². The number of amides is 4. The molecule has 0 spiro atoms. The van der Waals surface area contributed by atoms with Gasteiger partial charge in [-0.15, -0.1) is 0 Å². The highest BCUT2D eigenvalue weighted by Gasteiger charge is 2.57. The summed E-state index contributed by atoms with van der Waals surface area (Å²) in [5.74, 6) is 0.324. The molecule has 0 saturated carbocycles. The number of nitrogens with zero attached hydrogens (tertiary/aromatic N) is 7. The Morgan fingerprint density at radius 3 is 1.81 bits per heavy atom. The second kappa shape index (κ2) is 25.8. The number of halogens is 10. The minimum absolute atomic E-state index is 0.189. The van der Waals surface area contributed by atoms with Crippen LogP contribution in [0.2, 0.25) is 0 Å². The van der Waals surface area contributed by atoms with E-state index in [2.05, 4.69) is 51.5 Å². The molecular weight excluding hydrogens is 1120 g/mol. The molecule has 7 rings (SSSR count). The van der Waals surface area contributed by atoms with Crippen LogP contribution in [0.5, 0.6) is 0 Å². The van der Waals surface area contributed by atoms with E-state index >= 15 is 8.78 Å². The maximum absolute atomic E-state index is 16.2. The molecule has 20 nitrogen and oxygen atoms in total. The van der Waals surface area contributed by atoms with Crippen molar-refractivity contribution in [3.63, 3.8) is 0 Å². The zero-order valence-electron chi connectivity index (χ0n) is 45.4. The molecule has 2 aromatic heterocycles. The molecule has 3 aliphatic heterocycles. The summed E-state index contributed by atoms with van der Waals surface area (Å²) in [5.41, 5.74) is -4.73. The number of hydrogen-bond acceptors (Lipinski definition) is 15. The third-order valence-electron chi connectivity index (χ3n) is 14.9. The second-order valence-corrected chi connectivity index (χ2v) is 21.0. The Labute approximate surface area is 468 Å². The Balaban J connectivity index is 1.22. The molecule has 83 heavy (non-hydrogen) atoms. The monoisotopic (exact) mass is 1180 g/mol. The molecule has 30 heteroatoms. The number of nitrogens with one attached hydrogen (secondary N) is 4. The van der Waals surface area contributed by atoms with Crippen LogP contribution in [0, 0.1) is 34.3 Å². The number of rotatable bonds is 21. The molecule has 3 saturated heterocycles. The van der Waals surface area contributed by atoms with Crippen molar-refractivity contribution >= 4 is 36.4 Å². The Morgan fingerprint density at radius 2 is 1.33 bits per heavy atom. The Bertz CT molecular complexity index is 2990. The summed E-state index contributed by atoms with van der Waals surface area (Å²) >= 11 is 0. The molecule has 2 aromatic carbocycles. The first-order valence-electron chi connectivity index (χ1n) is 25.7. The van der Waals surface area contributed by atoms with Gasteiger partial charge in [0.15, 0.2) is 0 Å². The average molecular weight is 1180 g/mol. The number of carbonyl (C=O) groups excluding carboxylic acids is 5. The quantitative estimate of drug-likeness (QED) is 0.0240. The van der Waals surface area contributed by atoms with Gasteiger partial charge in [0, 0.05) is 67.0 Å². The van der Waals surface area contributed by atoms with Gasteiger partial charge in [-0.1, -0.05) is 24.0 Å². The van der Waals surface area contributed by atoms with Crippen LogP contribution >= 0.6 is 0 Å². The summed E-state index contributed by atoms with van der Waals surface area (Å²) in [4.78, 5) is 79.5. The lowest BCUT2D eigenvalue weighted by Gasteiger charge is -2.47. The lowest BCUT2D eigenvalue weighted by atomic mass is 9.82. The highest BCUT2D eigenvalue weighted by atomic mass is 19.4. The lowest BCUT2D eigenvalue weighted by molar-refractivity contribution is -0.221. The smallest absolute Gasteiger partial charge is 0.407 e. The van der Waals surface area contributed by atoms with Gasteiger partial charge in [-0.2, -0.15) is 40.2 Å². The van der Waals surface area contributed by atoms with Crippen molar-refractivity contribution in [3.05, 3.63) is 94.9 Å². The number of benzene rings is 2. The van der Waals surface area contributed by atoms with Gasteiger partial charge in [-0.3, -0.25) is 24.7 Å². The van der Waals surface area contributed by atoms with Crippen LogP contribution in [0.1, 0.15) is 69.3 Å². The molecule has 0 radical (unpaired) electrons. The van der Waals surface area contributed by atoms with Crippen molar-refractivity contribution in [2.24, 2.45) is 10.8 Å². The summed E-state index contributed by atoms with van der Waals surface area (Å²) in [6.07, 6.45) is -9.85. The zero-order chi connectivity index (χ0) is 60.8. The molecule has 2 bridgehead atoms. The third-order valence-corrected chi connectivity index (χ3v) is 14.9. The fourth-order valence-electron chi connectivity index (χ4n) is 9.75. The van der Waals surface area contributed by atoms with E-state index in [9.17, 15) is 59.1 Å². The number of anilines is 1. The van der Waals surface area contributed by atoms with Crippen LogP contribution < -0.4 is 26.3 Å². The van der Waals surface area contributed by atoms with Crippen LogP contribution in [-0.4, -0.2) is 162 Å². The summed E-state index contributed by atoms with van der Waals surface area (Å²) in [7, 11) is 1.58. The largest absolute Gasteiger partial charge is 0.461 e. The Hall–Kier alpha value is -7.78. The van der Waals surface area contributed by atoms with Crippen molar-refractivity contribution in [2.45, 2.75) is 115 Å². The van der Waals surface area contributed by atoms with E-state index in [-0.39, 0.29) is 28.0 Å². The summed E-state index contributed by atoms with van der Waals surface area (Å²) in [5, 5.41) is 10.1. The number of methoxy groups -OCH3 is 2. The van der Waals surface area contributed by atoms with Crippen LogP contribution in [0.15, 0.2) is 61.1 Å². The molecule has 3 fully saturated rings. The molecule has 0 aliphatic carbocycles. The number of ether oxygens (including phenoxy) is 4. The van der Waals surface area contributed by atoms with Crippen LogP contribution in [0.3, 0.4) is 0 Å². The van der Waals surface area contributed by atoms with E-state index in [1.165, 1.54) is 24.3 Å². The topological polar surface area (TPSA) is 224 Å². The summed E-state index contributed by atoms with van der Waals surface area (Å²) in [6.45, 7) is -0.435. The van der Waals surface area contributed by atoms with Gasteiger partial charge in [0.1, 0.15) is 29.8 Å². The van der Waals surface area contributed by atoms with E-state index in [1.54, 1.807) is 17.7 Å². The van der Waals surface area contributed by atoms with Gasteiger partial charge >= 0.3 is 31.1 Å². The van der Waals surface area contributed by atoms with Crippen LogP contribution in [0.25, 0.3) is 11.3 Å². The van der Waals surface area contributed by atoms with Gasteiger partial charge in [0.2, 0.25) is 11.9 Å². The van der Waals surface area contributed by atoms with Gasteiger partial charge in [0.25, 0.3) is 12.4 Å². The highest BCUT2D eigenvalue weighted by Crippen LogP contribution is 2.42. The minimum atomic E-state index is -5.26. The van der Waals surface area contributed by atoms with Crippen LogP contribution in [0.4, 0.5) is 59.4 Å². The number of fused-ring (bicyclic) bond motifs is 2. The minimum Gasteiger partial charge on any atom is -0.461 e. The first-order valence-corrected chi connectivity index (χ1v) is 25.7.